The monoisotopic (exact) mass is 271 g/mol. The van der Waals surface area contributed by atoms with Gasteiger partial charge in [0.15, 0.2) is 0 Å². The van der Waals surface area contributed by atoms with Gasteiger partial charge in [0.05, 0.1) is 0 Å². The van der Waals surface area contributed by atoms with Crippen molar-refractivity contribution in [3.63, 3.8) is 0 Å². The number of hydrogen-bond donors (Lipinski definition) is 2. The van der Waals surface area contributed by atoms with Crippen LogP contribution in [0, 0.1) is 17.8 Å². The van der Waals surface area contributed by atoms with E-state index in [1.165, 1.54) is 44.1 Å². The van der Waals surface area contributed by atoms with Gasteiger partial charge in [0.1, 0.15) is 0 Å². The number of nitrogens with zero attached hydrogens (tertiary/aromatic N) is 1. The molecule has 4 N–H and O–H groups in total. The first-order valence-electron chi connectivity index (χ1n) is 8.00. The topological polar surface area (TPSA) is 55.3 Å². The molecule has 0 unspecified atom stereocenters. The summed E-state index contributed by atoms with van der Waals surface area (Å²) in [4.78, 5) is 0. The Bertz CT molecular complexity index is 475. The maximum Gasteiger partial charge on any atom is 0.0406 e. The Hall–Kier alpha value is -1.06. The van der Waals surface area contributed by atoms with E-state index in [9.17, 15) is 0 Å². The third-order valence-corrected chi connectivity index (χ3v) is 6.01. The van der Waals surface area contributed by atoms with Gasteiger partial charge < -0.3 is 5.73 Å². The molecule has 0 aliphatic heterocycles. The number of para-hydroxylation sites is 1. The number of hydrazine groups is 1. The highest BCUT2D eigenvalue weighted by Gasteiger charge is 2.53. The molecular weight excluding hydrogens is 246 g/mol. The van der Waals surface area contributed by atoms with E-state index in [1.807, 2.05) is 12.1 Å². The van der Waals surface area contributed by atoms with E-state index in [1.54, 1.807) is 0 Å². The molecule has 0 saturated heterocycles. The predicted molar refractivity (Wildman–Crippen MR) is 81.5 cm³/mol. The zero-order valence-corrected chi connectivity index (χ0v) is 12.1. The summed E-state index contributed by atoms with van der Waals surface area (Å²) in [7, 11) is 0. The van der Waals surface area contributed by atoms with Crippen molar-refractivity contribution in [3.8, 4) is 0 Å². The summed E-state index contributed by atoms with van der Waals surface area (Å²) in [6.07, 6.45) is 8.30. The van der Waals surface area contributed by atoms with Gasteiger partial charge in [0, 0.05) is 17.8 Å². The first-order chi connectivity index (χ1) is 9.64. The van der Waals surface area contributed by atoms with E-state index < -0.39 is 0 Å². The minimum Gasteiger partial charge on any atom is -0.398 e. The van der Waals surface area contributed by atoms with Gasteiger partial charge in [-0.15, -0.1) is 0 Å². The molecule has 4 aliphatic rings. The fourth-order valence-corrected chi connectivity index (χ4v) is 5.45. The second kappa shape index (κ2) is 4.47. The smallest absolute Gasteiger partial charge is 0.0406 e. The van der Waals surface area contributed by atoms with Crippen molar-refractivity contribution >= 4 is 5.69 Å². The van der Waals surface area contributed by atoms with Gasteiger partial charge in [0.25, 0.3) is 0 Å². The molecule has 0 spiro atoms. The second-order valence-electron chi connectivity index (χ2n) is 7.47. The third-order valence-electron chi connectivity index (χ3n) is 6.01. The van der Waals surface area contributed by atoms with Crippen molar-refractivity contribution in [2.75, 3.05) is 5.73 Å². The van der Waals surface area contributed by atoms with Crippen molar-refractivity contribution in [2.24, 2.45) is 23.6 Å². The van der Waals surface area contributed by atoms with Gasteiger partial charge in [-0.3, -0.25) is 5.84 Å². The predicted octanol–water partition coefficient (Wildman–Crippen LogP) is 2.91. The lowest BCUT2D eigenvalue weighted by Gasteiger charge is -2.59. The van der Waals surface area contributed by atoms with E-state index >= 15 is 0 Å². The first-order valence-corrected chi connectivity index (χ1v) is 8.00. The second-order valence-corrected chi connectivity index (χ2v) is 7.47. The number of nitrogens with two attached hydrogens (primary N) is 2. The number of benzene rings is 1. The van der Waals surface area contributed by atoms with Gasteiger partial charge in [-0.2, -0.15) is 0 Å². The fraction of sp³-hybridized carbons (Fsp3) is 0.647. The fourth-order valence-electron chi connectivity index (χ4n) is 5.45. The molecule has 5 rings (SSSR count). The molecule has 1 aromatic carbocycles. The average molecular weight is 271 g/mol. The van der Waals surface area contributed by atoms with Crippen LogP contribution in [0.15, 0.2) is 24.3 Å². The van der Waals surface area contributed by atoms with Crippen molar-refractivity contribution in [1.82, 2.24) is 5.01 Å². The molecule has 4 bridgehead atoms. The third kappa shape index (κ3) is 1.95. The Morgan fingerprint density at radius 3 is 2.10 bits per heavy atom. The van der Waals surface area contributed by atoms with Crippen LogP contribution in [0.25, 0.3) is 0 Å². The van der Waals surface area contributed by atoms with Gasteiger partial charge in [-0.1, -0.05) is 18.2 Å². The Morgan fingerprint density at radius 1 is 1.00 bits per heavy atom. The van der Waals surface area contributed by atoms with Crippen molar-refractivity contribution in [2.45, 2.75) is 50.6 Å². The highest BCUT2D eigenvalue weighted by Crippen LogP contribution is 2.57. The van der Waals surface area contributed by atoms with Crippen LogP contribution in [-0.2, 0) is 6.54 Å². The van der Waals surface area contributed by atoms with Crippen LogP contribution < -0.4 is 11.6 Å². The molecule has 0 atom stereocenters. The normalized spacial score (nSPS) is 38.6. The lowest BCUT2D eigenvalue weighted by molar-refractivity contribution is -0.0935. The average Bonchev–Trinajstić information content (AvgIpc) is 2.40. The molecule has 0 radical (unpaired) electrons. The minimum atomic E-state index is 0.261. The van der Waals surface area contributed by atoms with Crippen LogP contribution in [0.3, 0.4) is 0 Å². The summed E-state index contributed by atoms with van der Waals surface area (Å²) in [5, 5.41) is 2.14. The van der Waals surface area contributed by atoms with Crippen LogP contribution in [0.4, 0.5) is 5.69 Å². The zero-order valence-electron chi connectivity index (χ0n) is 12.1. The molecule has 3 heteroatoms. The highest BCUT2D eigenvalue weighted by atomic mass is 15.4. The molecule has 20 heavy (non-hydrogen) atoms. The molecule has 0 heterocycles. The van der Waals surface area contributed by atoms with Crippen LogP contribution in [-0.4, -0.2) is 10.5 Å². The first kappa shape index (κ1) is 12.7. The lowest BCUT2D eigenvalue weighted by atomic mass is 9.52. The molecule has 0 aromatic heterocycles. The molecule has 108 valence electrons. The Balaban J connectivity index is 1.56. The highest BCUT2D eigenvalue weighted by molar-refractivity contribution is 5.46. The molecular formula is C17H25N3. The van der Waals surface area contributed by atoms with Crippen LogP contribution >= 0.6 is 0 Å². The molecule has 4 fully saturated rings. The van der Waals surface area contributed by atoms with E-state index in [0.717, 1.165) is 30.0 Å². The van der Waals surface area contributed by atoms with Crippen LogP contribution in [0.5, 0.6) is 0 Å². The van der Waals surface area contributed by atoms with Crippen molar-refractivity contribution < 1.29 is 0 Å². The minimum absolute atomic E-state index is 0.261. The molecule has 0 amide bonds. The zero-order chi connectivity index (χ0) is 13.7. The number of rotatable bonds is 3. The summed E-state index contributed by atoms with van der Waals surface area (Å²) in [5.74, 6) is 9.34. The number of nitrogen functional groups attached to an aromatic ring is 1. The lowest BCUT2D eigenvalue weighted by Crippen LogP contribution is -2.61. The van der Waals surface area contributed by atoms with E-state index in [4.69, 9.17) is 11.6 Å². The van der Waals surface area contributed by atoms with E-state index in [0.29, 0.717) is 0 Å². The summed E-state index contributed by atoms with van der Waals surface area (Å²) >= 11 is 0. The molecule has 1 aromatic rings. The van der Waals surface area contributed by atoms with Crippen molar-refractivity contribution in [3.05, 3.63) is 29.8 Å². The maximum atomic E-state index is 6.55. The van der Waals surface area contributed by atoms with E-state index in [2.05, 4.69) is 17.1 Å². The van der Waals surface area contributed by atoms with Crippen molar-refractivity contribution in [1.29, 1.82) is 0 Å². The maximum absolute atomic E-state index is 6.55. The Kier molecular flexibility index (Phi) is 2.83. The SMILES string of the molecule is Nc1ccccc1CN(N)C12CC3CC(CC(C3)C1)C2. The number of anilines is 1. The van der Waals surface area contributed by atoms with Gasteiger partial charge in [0.2, 0.25) is 0 Å². The van der Waals surface area contributed by atoms with Gasteiger partial charge >= 0.3 is 0 Å². The quantitative estimate of drug-likeness (QED) is 0.505. The molecule has 4 saturated carbocycles. The Labute approximate surface area is 121 Å². The Morgan fingerprint density at radius 2 is 1.55 bits per heavy atom. The van der Waals surface area contributed by atoms with Crippen LogP contribution in [0.1, 0.15) is 44.1 Å². The number of hydrogen-bond acceptors (Lipinski definition) is 3. The largest absolute Gasteiger partial charge is 0.398 e. The standard InChI is InChI=1S/C17H25N3/c18-16-4-2-1-3-15(16)11-20(19)17-8-12-5-13(9-17)7-14(6-12)10-17/h1-4,12-14H,5-11,18-19H2. The summed E-state index contributed by atoms with van der Waals surface area (Å²) in [6.45, 7) is 0.791. The summed E-state index contributed by atoms with van der Waals surface area (Å²) < 4.78 is 0. The van der Waals surface area contributed by atoms with E-state index in [-0.39, 0.29) is 5.54 Å². The summed E-state index contributed by atoms with van der Waals surface area (Å²) in [5.41, 5.74) is 8.38. The molecule has 3 nitrogen and oxygen atoms in total. The summed E-state index contributed by atoms with van der Waals surface area (Å²) in [6, 6.07) is 8.13. The molecule has 4 aliphatic carbocycles. The van der Waals surface area contributed by atoms with Crippen LogP contribution in [0.2, 0.25) is 0 Å². The van der Waals surface area contributed by atoms with Gasteiger partial charge in [-0.05, 0) is 67.9 Å². The van der Waals surface area contributed by atoms with Gasteiger partial charge in [-0.25, -0.2) is 5.01 Å².